The Morgan fingerprint density at radius 2 is 2.19 bits per heavy atom. The third-order valence-electron chi connectivity index (χ3n) is 5.54. The Balaban J connectivity index is 1.81. The largest absolute Gasteiger partial charge is 0.469 e. The Kier molecular flexibility index (Phi) is 8.59. The van der Waals surface area contributed by atoms with Gasteiger partial charge in [0.05, 0.1) is 31.5 Å². The standard InChI is InChI=1S/C20H33NO5/c1-3-4-5-6-16(22)7-8-17-18-13-15(11-14(18)12-19(17)23)21-26-10-9-20(24)25-2/h7-8,14,16-19,22-23H,3-6,9-13H2,1-2H3/b8-7?,21-15-/t14-,16?,17-,18+,19-/m0/s1. The van der Waals surface area contributed by atoms with Gasteiger partial charge in [-0.1, -0.05) is 43.5 Å². The van der Waals surface area contributed by atoms with Crippen LogP contribution in [0.5, 0.6) is 0 Å². The zero-order valence-electron chi connectivity index (χ0n) is 16.0. The lowest BCUT2D eigenvalue weighted by atomic mass is 9.90. The van der Waals surface area contributed by atoms with Gasteiger partial charge in [0.15, 0.2) is 0 Å². The molecule has 2 fully saturated rings. The number of aliphatic hydroxyl groups is 2. The van der Waals surface area contributed by atoms with E-state index in [2.05, 4.69) is 16.8 Å². The fraction of sp³-hybridized carbons (Fsp3) is 0.800. The summed E-state index contributed by atoms with van der Waals surface area (Å²) < 4.78 is 4.56. The summed E-state index contributed by atoms with van der Waals surface area (Å²) >= 11 is 0. The topological polar surface area (TPSA) is 88.4 Å². The Morgan fingerprint density at radius 3 is 2.92 bits per heavy atom. The quantitative estimate of drug-likeness (QED) is 0.268. The van der Waals surface area contributed by atoms with Crippen molar-refractivity contribution in [2.75, 3.05) is 13.7 Å². The van der Waals surface area contributed by atoms with Gasteiger partial charge >= 0.3 is 5.97 Å². The number of unbranched alkanes of at least 4 members (excludes halogenated alkanes) is 2. The predicted octanol–water partition coefficient (Wildman–Crippen LogP) is 2.83. The van der Waals surface area contributed by atoms with Gasteiger partial charge in [0.2, 0.25) is 0 Å². The van der Waals surface area contributed by atoms with Gasteiger partial charge in [0.1, 0.15) is 6.61 Å². The second kappa shape index (κ2) is 10.7. The second-order valence-electron chi connectivity index (χ2n) is 7.48. The summed E-state index contributed by atoms with van der Waals surface area (Å²) in [6, 6.07) is 0. The number of aliphatic hydroxyl groups excluding tert-OH is 2. The van der Waals surface area contributed by atoms with Crippen LogP contribution in [0.25, 0.3) is 0 Å². The summed E-state index contributed by atoms with van der Waals surface area (Å²) in [6.07, 6.45) is 9.79. The van der Waals surface area contributed by atoms with Crippen LogP contribution in [0, 0.1) is 17.8 Å². The maximum absolute atomic E-state index is 11.0. The van der Waals surface area contributed by atoms with E-state index in [1.54, 1.807) is 0 Å². The van der Waals surface area contributed by atoms with Gasteiger partial charge in [0, 0.05) is 5.92 Å². The minimum Gasteiger partial charge on any atom is -0.469 e. The minimum atomic E-state index is -0.427. The number of rotatable bonds is 10. The molecule has 1 unspecified atom stereocenters. The van der Waals surface area contributed by atoms with E-state index in [9.17, 15) is 15.0 Å². The third kappa shape index (κ3) is 6.09. The maximum atomic E-state index is 11.0. The first kappa shape index (κ1) is 20.9. The molecule has 148 valence electrons. The molecule has 0 saturated heterocycles. The number of carbonyl (C=O) groups excluding carboxylic acids is 1. The minimum absolute atomic E-state index is 0.0728. The highest BCUT2D eigenvalue weighted by Crippen LogP contribution is 2.47. The predicted molar refractivity (Wildman–Crippen MR) is 99.6 cm³/mol. The number of oxime groups is 1. The van der Waals surface area contributed by atoms with E-state index in [1.807, 2.05) is 12.2 Å². The smallest absolute Gasteiger partial charge is 0.309 e. The van der Waals surface area contributed by atoms with Crippen LogP contribution in [0.15, 0.2) is 17.3 Å². The molecule has 0 aliphatic heterocycles. The van der Waals surface area contributed by atoms with Crippen LogP contribution in [0.1, 0.15) is 58.3 Å². The van der Waals surface area contributed by atoms with E-state index in [4.69, 9.17) is 4.84 Å². The van der Waals surface area contributed by atoms with E-state index in [0.29, 0.717) is 11.8 Å². The van der Waals surface area contributed by atoms with Gasteiger partial charge in [-0.3, -0.25) is 4.79 Å². The second-order valence-corrected chi connectivity index (χ2v) is 7.48. The summed E-state index contributed by atoms with van der Waals surface area (Å²) in [5, 5.41) is 24.6. The molecule has 0 spiro atoms. The van der Waals surface area contributed by atoms with Crippen LogP contribution in [-0.4, -0.2) is 47.8 Å². The first-order valence-electron chi connectivity index (χ1n) is 9.84. The average Bonchev–Trinajstić information content (AvgIpc) is 3.13. The Morgan fingerprint density at radius 1 is 1.38 bits per heavy atom. The molecular weight excluding hydrogens is 334 g/mol. The van der Waals surface area contributed by atoms with Crippen molar-refractivity contribution in [3.05, 3.63) is 12.2 Å². The molecule has 6 nitrogen and oxygen atoms in total. The first-order valence-corrected chi connectivity index (χ1v) is 9.84. The fourth-order valence-electron chi connectivity index (χ4n) is 4.11. The molecule has 6 heteroatoms. The van der Waals surface area contributed by atoms with E-state index >= 15 is 0 Å². The molecule has 0 heterocycles. The molecule has 0 aromatic rings. The van der Waals surface area contributed by atoms with Gasteiger partial charge in [-0.15, -0.1) is 0 Å². The number of hydrogen-bond donors (Lipinski definition) is 2. The van der Waals surface area contributed by atoms with Crippen molar-refractivity contribution in [2.45, 2.75) is 70.5 Å². The van der Waals surface area contributed by atoms with Crippen molar-refractivity contribution in [3.63, 3.8) is 0 Å². The van der Waals surface area contributed by atoms with Gasteiger partial charge in [-0.25, -0.2) is 0 Å². The normalized spacial score (nSPS) is 30.7. The summed E-state index contributed by atoms with van der Waals surface area (Å²) in [7, 11) is 1.35. The Bertz CT molecular complexity index is 504. The van der Waals surface area contributed by atoms with Crippen LogP contribution < -0.4 is 0 Å². The fourth-order valence-corrected chi connectivity index (χ4v) is 4.11. The van der Waals surface area contributed by atoms with E-state index in [-0.39, 0.29) is 31.0 Å². The lowest BCUT2D eigenvalue weighted by Crippen LogP contribution is -2.18. The SMILES string of the molecule is CCCCCC(O)C=C[C@H]1[C@@H]2C/C(=N\OCCC(=O)OC)C[C@H]2C[C@@H]1O. The van der Waals surface area contributed by atoms with E-state index in [1.165, 1.54) is 7.11 Å². The lowest BCUT2D eigenvalue weighted by Gasteiger charge is -2.17. The van der Waals surface area contributed by atoms with Gasteiger partial charge in [-0.05, 0) is 37.5 Å². The number of carbonyl (C=O) groups is 1. The number of esters is 1. The van der Waals surface area contributed by atoms with Crippen LogP contribution in [0.4, 0.5) is 0 Å². The van der Waals surface area contributed by atoms with Crippen molar-refractivity contribution in [3.8, 4) is 0 Å². The van der Waals surface area contributed by atoms with Crippen molar-refractivity contribution in [2.24, 2.45) is 22.9 Å². The zero-order valence-corrected chi connectivity index (χ0v) is 16.0. The molecule has 0 amide bonds. The van der Waals surface area contributed by atoms with Crippen molar-refractivity contribution < 1.29 is 24.6 Å². The van der Waals surface area contributed by atoms with Crippen LogP contribution in [0.2, 0.25) is 0 Å². The number of fused-ring (bicyclic) bond motifs is 1. The lowest BCUT2D eigenvalue weighted by molar-refractivity contribution is -0.141. The first-order chi connectivity index (χ1) is 12.5. The molecule has 0 aromatic carbocycles. The van der Waals surface area contributed by atoms with E-state index in [0.717, 1.165) is 50.7 Å². The molecular formula is C20H33NO5. The average molecular weight is 367 g/mol. The molecule has 5 atom stereocenters. The molecule has 2 aliphatic rings. The van der Waals surface area contributed by atoms with Gasteiger partial charge < -0.3 is 19.8 Å². The number of ether oxygens (including phenoxy) is 1. The van der Waals surface area contributed by atoms with E-state index < -0.39 is 6.10 Å². The van der Waals surface area contributed by atoms with Crippen molar-refractivity contribution in [1.29, 1.82) is 0 Å². The molecule has 2 saturated carbocycles. The third-order valence-corrected chi connectivity index (χ3v) is 5.54. The highest BCUT2D eigenvalue weighted by atomic mass is 16.6. The summed E-state index contributed by atoms with van der Waals surface area (Å²) in [6.45, 7) is 2.37. The number of methoxy groups -OCH3 is 1. The van der Waals surface area contributed by atoms with Crippen molar-refractivity contribution >= 4 is 11.7 Å². The molecule has 2 N–H and O–H groups in total. The molecule has 26 heavy (non-hydrogen) atoms. The Labute approximate surface area is 156 Å². The van der Waals surface area contributed by atoms with Crippen LogP contribution >= 0.6 is 0 Å². The van der Waals surface area contributed by atoms with Crippen molar-refractivity contribution in [1.82, 2.24) is 0 Å². The van der Waals surface area contributed by atoms with Gasteiger partial charge in [-0.2, -0.15) is 0 Å². The van der Waals surface area contributed by atoms with Crippen LogP contribution in [0.3, 0.4) is 0 Å². The molecule has 0 aromatic heterocycles. The maximum Gasteiger partial charge on any atom is 0.309 e. The summed E-state index contributed by atoms with van der Waals surface area (Å²) in [5.74, 6) is 0.537. The zero-order chi connectivity index (χ0) is 18.9. The molecule has 2 aliphatic carbocycles. The summed E-state index contributed by atoms with van der Waals surface area (Å²) in [4.78, 5) is 16.3. The Hall–Kier alpha value is -1.40. The molecule has 0 bridgehead atoms. The van der Waals surface area contributed by atoms with Crippen LogP contribution in [-0.2, 0) is 14.4 Å². The number of nitrogens with zero attached hydrogens (tertiary/aromatic N) is 1. The highest BCUT2D eigenvalue weighted by molar-refractivity contribution is 5.86. The monoisotopic (exact) mass is 367 g/mol. The molecule has 0 radical (unpaired) electrons. The molecule has 2 rings (SSSR count). The summed E-state index contributed by atoms with van der Waals surface area (Å²) in [5.41, 5.74) is 0.999. The number of hydrogen-bond acceptors (Lipinski definition) is 6. The highest BCUT2D eigenvalue weighted by Gasteiger charge is 2.46. The van der Waals surface area contributed by atoms with Gasteiger partial charge in [0.25, 0.3) is 0 Å².